The third kappa shape index (κ3) is 7.96. The van der Waals surface area contributed by atoms with Crippen molar-refractivity contribution >= 4 is 29.3 Å². The second-order valence-electron chi connectivity index (χ2n) is 11.5. The number of nitrogens with zero attached hydrogens (tertiary/aromatic N) is 2. The van der Waals surface area contributed by atoms with E-state index in [4.69, 9.17) is 4.74 Å². The summed E-state index contributed by atoms with van der Waals surface area (Å²) in [5, 5.41) is 7.94. The molecule has 226 valence electrons. The van der Waals surface area contributed by atoms with Gasteiger partial charge in [0.25, 0.3) is 0 Å². The maximum absolute atomic E-state index is 15.0. The maximum Gasteiger partial charge on any atom is 0.407 e. The van der Waals surface area contributed by atoms with Gasteiger partial charge in [-0.3, -0.25) is 14.9 Å². The van der Waals surface area contributed by atoms with Crippen LogP contribution in [0.5, 0.6) is 0 Å². The molecule has 0 radical (unpaired) electrons. The average molecular weight is 584 g/mol. The Balaban J connectivity index is 1.00. The number of alkyl carbamates (subject to hydrolysis) is 1. The molecule has 0 bridgehead atoms. The van der Waals surface area contributed by atoms with Gasteiger partial charge in [-0.25, -0.2) is 13.6 Å². The highest BCUT2D eigenvalue weighted by Gasteiger charge is 2.29. The molecule has 3 aliphatic heterocycles. The Hall–Kier alpha value is -3.73. The minimum atomic E-state index is -0.776. The first-order valence-electron chi connectivity index (χ1n) is 14.9. The van der Waals surface area contributed by atoms with Crippen molar-refractivity contribution in [2.45, 2.75) is 63.6 Å². The molecule has 0 aromatic heterocycles. The van der Waals surface area contributed by atoms with Gasteiger partial charge in [0.05, 0.1) is 11.4 Å². The Bertz CT molecular complexity index is 1250. The molecule has 42 heavy (non-hydrogen) atoms. The zero-order chi connectivity index (χ0) is 29.5. The van der Waals surface area contributed by atoms with E-state index in [1.54, 1.807) is 0 Å². The molecule has 2 aromatic carbocycles. The van der Waals surface area contributed by atoms with Crippen LogP contribution in [0.2, 0.25) is 0 Å². The fourth-order valence-electron chi connectivity index (χ4n) is 5.97. The standard InChI is InChI=1S/C31H39F2N5O4/c32-24-19-28(25(33)18-27(24)35-26-6-7-29(39)36-30(26)40)38-16-9-21(10-17-38)8-13-37-14-11-23(12-15-37)34-31(41)42-20-22-4-2-1-3-5-22/h1-5,18-19,21,23,26,35H,6-17,20H2,(H,34,41)(H,36,39,40). The normalized spacial score (nSPS) is 20.7. The fraction of sp³-hybridized carbons (Fsp3) is 0.516. The van der Waals surface area contributed by atoms with Crippen molar-refractivity contribution in [3.63, 3.8) is 0 Å². The van der Waals surface area contributed by atoms with Crippen LogP contribution in [0, 0.1) is 17.6 Å². The summed E-state index contributed by atoms with van der Waals surface area (Å²) in [6.45, 7) is 4.40. The van der Waals surface area contributed by atoms with E-state index in [0.29, 0.717) is 19.0 Å². The molecule has 2 aromatic rings. The van der Waals surface area contributed by atoms with Crippen LogP contribution in [0.15, 0.2) is 42.5 Å². The highest BCUT2D eigenvalue weighted by atomic mass is 19.1. The van der Waals surface area contributed by atoms with Crippen molar-refractivity contribution < 1.29 is 27.9 Å². The number of nitrogens with one attached hydrogen (secondary N) is 3. The number of benzene rings is 2. The van der Waals surface area contributed by atoms with Crippen molar-refractivity contribution in [3.05, 3.63) is 59.7 Å². The predicted octanol–water partition coefficient (Wildman–Crippen LogP) is 4.18. The van der Waals surface area contributed by atoms with Gasteiger partial charge < -0.3 is 25.2 Å². The fourth-order valence-corrected chi connectivity index (χ4v) is 5.97. The zero-order valence-electron chi connectivity index (χ0n) is 23.7. The maximum atomic E-state index is 15.0. The molecule has 3 aliphatic rings. The van der Waals surface area contributed by atoms with Crippen molar-refractivity contribution in [1.29, 1.82) is 0 Å². The predicted molar refractivity (Wildman–Crippen MR) is 155 cm³/mol. The number of carbonyl (C=O) groups is 3. The molecule has 3 heterocycles. The number of hydrogen-bond acceptors (Lipinski definition) is 7. The molecule has 0 saturated carbocycles. The first-order chi connectivity index (χ1) is 20.3. The third-order valence-electron chi connectivity index (χ3n) is 8.54. The number of piperidine rings is 3. The number of ether oxygens (including phenoxy) is 1. The number of imide groups is 1. The van der Waals surface area contributed by atoms with Gasteiger partial charge in [-0.05, 0) is 56.6 Å². The van der Waals surface area contributed by atoms with Crippen LogP contribution in [0.25, 0.3) is 0 Å². The Morgan fingerprint density at radius 2 is 1.69 bits per heavy atom. The Kier molecular flexibility index (Phi) is 9.89. The number of anilines is 2. The summed E-state index contributed by atoms with van der Waals surface area (Å²) >= 11 is 0. The van der Waals surface area contributed by atoms with Gasteiger partial charge in [0.1, 0.15) is 24.3 Å². The van der Waals surface area contributed by atoms with Crippen LogP contribution in [-0.4, -0.2) is 67.6 Å². The summed E-state index contributed by atoms with van der Waals surface area (Å²) in [6, 6.07) is 11.3. The van der Waals surface area contributed by atoms with Crippen LogP contribution in [0.3, 0.4) is 0 Å². The molecule has 3 fully saturated rings. The molecule has 3 N–H and O–H groups in total. The van der Waals surface area contributed by atoms with Gasteiger partial charge in [0, 0.05) is 50.8 Å². The topological polar surface area (TPSA) is 103 Å². The lowest BCUT2D eigenvalue weighted by molar-refractivity contribution is -0.133. The van der Waals surface area contributed by atoms with Crippen LogP contribution < -0.4 is 20.9 Å². The molecule has 3 saturated heterocycles. The molecule has 11 heteroatoms. The van der Waals surface area contributed by atoms with Crippen molar-refractivity contribution in [2.24, 2.45) is 5.92 Å². The molecule has 3 amide bonds. The summed E-state index contributed by atoms with van der Waals surface area (Å²) in [7, 11) is 0. The Labute approximate surface area is 245 Å². The largest absolute Gasteiger partial charge is 0.445 e. The van der Waals surface area contributed by atoms with Gasteiger partial charge in [-0.1, -0.05) is 30.3 Å². The number of likely N-dealkylation sites (tertiary alicyclic amines) is 1. The second kappa shape index (κ2) is 14.0. The molecule has 5 rings (SSSR count). The molecule has 0 spiro atoms. The van der Waals surface area contributed by atoms with Gasteiger partial charge in [-0.2, -0.15) is 0 Å². The molecular weight excluding hydrogens is 544 g/mol. The quantitative estimate of drug-likeness (QED) is 0.381. The highest BCUT2D eigenvalue weighted by molar-refractivity contribution is 6.01. The number of halogens is 2. The average Bonchev–Trinajstić information content (AvgIpc) is 2.99. The van der Waals surface area contributed by atoms with Crippen molar-refractivity contribution in [1.82, 2.24) is 15.5 Å². The lowest BCUT2D eigenvalue weighted by Crippen LogP contribution is -2.47. The van der Waals surface area contributed by atoms with Crippen molar-refractivity contribution in [3.8, 4) is 0 Å². The van der Waals surface area contributed by atoms with Crippen molar-refractivity contribution in [2.75, 3.05) is 42.9 Å². The van der Waals surface area contributed by atoms with E-state index < -0.39 is 23.6 Å². The van der Waals surface area contributed by atoms with Gasteiger partial charge >= 0.3 is 6.09 Å². The monoisotopic (exact) mass is 583 g/mol. The van der Waals surface area contributed by atoms with E-state index in [-0.39, 0.29) is 48.9 Å². The van der Waals surface area contributed by atoms with E-state index in [1.165, 1.54) is 6.07 Å². The minimum Gasteiger partial charge on any atom is -0.445 e. The second-order valence-corrected chi connectivity index (χ2v) is 11.5. The minimum absolute atomic E-state index is 0.0799. The zero-order valence-corrected chi connectivity index (χ0v) is 23.7. The third-order valence-corrected chi connectivity index (χ3v) is 8.54. The summed E-state index contributed by atoms with van der Waals surface area (Å²) in [5.74, 6) is -1.53. The van der Waals surface area contributed by atoms with Gasteiger partial charge in [0.2, 0.25) is 11.8 Å². The van der Waals surface area contributed by atoms with E-state index in [2.05, 4.69) is 20.9 Å². The first kappa shape index (κ1) is 29.8. The number of hydrogen-bond donors (Lipinski definition) is 3. The van der Waals surface area contributed by atoms with E-state index in [1.807, 2.05) is 35.2 Å². The van der Waals surface area contributed by atoms with E-state index in [0.717, 1.165) is 63.4 Å². The van der Waals surface area contributed by atoms with Crippen LogP contribution in [0.1, 0.15) is 50.5 Å². The van der Waals surface area contributed by atoms with Crippen LogP contribution >= 0.6 is 0 Å². The van der Waals surface area contributed by atoms with E-state index in [9.17, 15) is 18.8 Å². The molecule has 1 unspecified atom stereocenters. The molecule has 9 nitrogen and oxygen atoms in total. The molecule has 1 atom stereocenters. The number of amides is 3. The lowest BCUT2D eigenvalue weighted by atomic mass is 9.92. The van der Waals surface area contributed by atoms with Gasteiger partial charge in [-0.15, -0.1) is 0 Å². The number of rotatable bonds is 9. The SMILES string of the molecule is O=C1CCC(Nc2cc(F)c(N3CCC(CCN4CCC(NC(=O)OCc5ccccc5)CC4)CC3)cc2F)C(=O)N1. The smallest absolute Gasteiger partial charge is 0.407 e. The summed E-state index contributed by atoms with van der Waals surface area (Å²) in [6.07, 6.45) is 4.65. The summed E-state index contributed by atoms with van der Waals surface area (Å²) in [4.78, 5) is 39.8. The summed E-state index contributed by atoms with van der Waals surface area (Å²) < 4.78 is 35.2. The summed E-state index contributed by atoms with van der Waals surface area (Å²) in [5.41, 5.74) is 1.11. The molecule has 0 aliphatic carbocycles. The first-order valence-corrected chi connectivity index (χ1v) is 14.9. The number of carbonyl (C=O) groups excluding carboxylic acids is 3. The van der Waals surface area contributed by atoms with Gasteiger partial charge in [0.15, 0.2) is 0 Å². The highest BCUT2D eigenvalue weighted by Crippen LogP contribution is 2.31. The Morgan fingerprint density at radius 3 is 2.40 bits per heavy atom. The van der Waals surface area contributed by atoms with Crippen LogP contribution in [-0.2, 0) is 20.9 Å². The Morgan fingerprint density at radius 1 is 0.952 bits per heavy atom. The van der Waals surface area contributed by atoms with E-state index >= 15 is 4.39 Å². The molecular formula is C31H39F2N5O4. The van der Waals surface area contributed by atoms with Crippen LogP contribution in [0.4, 0.5) is 25.0 Å². The lowest BCUT2D eigenvalue weighted by Gasteiger charge is -2.36.